The molecule has 4 rings (SSSR count). The van der Waals surface area contributed by atoms with Gasteiger partial charge in [-0.05, 0) is 28.8 Å². The number of nitrogens with zero attached hydrogens (tertiary/aromatic N) is 2. The Morgan fingerprint density at radius 1 is 1.22 bits per heavy atom. The van der Waals surface area contributed by atoms with E-state index in [1.54, 1.807) is 18.0 Å². The highest BCUT2D eigenvalue weighted by Crippen LogP contribution is 2.30. The smallest absolute Gasteiger partial charge is 0.255 e. The Morgan fingerprint density at radius 3 is 2.89 bits per heavy atom. The van der Waals surface area contributed by atoms with Crippen molar-refractivity contribution in [2.75, 3.05) is 7.11 Å². The summed E-state index contributed by atoms with van der Waals surface area (Å²) in [5.74, 6) is 0.541. The van der Waals surface area contributed by atoms with Gasteiger partial charge in [0.2, 0.25) is 0 Å². The first kappa shape index (κ1) is 17.3. The molecule has 0 bridgehead atoms. The third-order valence-corrected chi connectivity index (χ3v) is 4.79. The lowest BCUT2D eigenvalue weighted by Gasteiger charge is -2.09. The number of rotatable bonds is 5. The van der Waals surface area contributed by atoms with Crippen LogP contribution in [0.15, 0.2) is 48.7 Å². The van der Waals surface area contributed by atoms with E-state index in [0.29, 0.717) is 23.6 Å². The zero-order valence-corrected chi connectivity index (χ0v) is 15.5. The standard InChI is InChI=1S/C21H22N4O2/c1-25-13-18(20(24-25)17-5-3-4-6-19(17)27-2)21(26)23-10-14-7-8-15-11-22-12-16(15)9-14/h3-9,13,22H,10-12H2,1-2H3,(H,23,26). The number of ether oxygens (including phenoxy) is 1. The van der Waals surface area contributed by atoms with E-state index in [4.69, 9.17) is 4.74 Å². The van der Waals surface area contributed by atoms with Gasteiger partial charge < -0.3 is 15.4 Å². The van der Waals surface area contributed by atoms with Crippen LogP contribution >= 0.6 is 0 Å². The number of methoxy groups -OCH3 is 1. The van der Waals surface area contributed by atoms with Crippen LogP contribution in [-0.2, 0) is 26.7 Å². The van der Waals surface area contributed by atoms with E-state index in [-0.39, 0.29) is 5.91 Å². The molecule has 6 nitrogen and oxygen atoms in total. The molecule has 0 fully saturated rings. The van der Waals surface area contributed by atoms with Crippen LogP contribution in [0.25, 0.3) is 11.3 Å². The molecule has 1 aliphatic heterocycles. The second-order valence-electron chi connectivity index (χ2n) is 6.65. The Bertz CT molecular complexity index is 994. The van der Waals surface area contributed by atoms with E-state index in [0.717, 1.165) is 24.2 Å². The van der Waals surface area contributed by atoms with Crippen LogP contribution in [0.4, 0.5) is 0 Å². The molecule has 0 atom stereocenters. The second-order valence-corrected chi connectivity index (χ2v) is 6.65. The normalized spacial score (nSPS) is 12.7. The molecule has 0 saturated heterocycles. The lowest BCUT2D eigenvalue weighted by molar-refractivity contribution is 0.0951. The van der Waals surface area contributed by atoms with Crippen molar-refractivity contribution in [2.24, 2.45) is 7.05 Å². The summed E-state index contributed by atoms with van der Waals surface area (Å²) >= 11 is 0. The zero-order chi connectivity index (χ0) is 18.8. The molecule has 0 unspecified atom stereocenters. The lowest BCUT2D eigenvalue weighted by atomic mass is 10.1. The van der Waals surface area contributed by atoms with E-state index in [1.165, 1.54) is 11.1 Å². The highest BCUT2D eigenvalue weighted by molar-refractivity contribution is 6.00. The molecule has 2 aromatic carbocycles. The molecule has 1 amide bonds. The summed E-state index contributed by atoms with van der Waals surface area (Å²) in [5, 5.41) is 10.8. The van der Waals surface area contributed by atoms with Gasteiger partial charge in [0.1, 0.15) is 11.4 Å². The van der Waals surface area contributed by atoms with Crippen molar-refractivity contribution < 1.29 is 9.53 Å². The van der Waals surface area contributed by atoms with Crippen molar-refractivity contribution in [3.63, 3.8) is 0 Å². The van der Waals surface area contributed by atoms with Gasteiger partial charge in [0.15, 0.2) is 0 Å². The minimum Gasteiger partial charge on any atom is -0.496 e. The quantitative estimate of drug-likeness (QED) is 0.732. The summed E-state index contributed by atoms with van der Waals surface area (Å²) in [4.78, 5) is 12.8. The maximum absolute atomic E-state index is 12.8. The molecule has 2 N–H and O–H groups in total. The van der Waals surface area contributed by atoms with Crippen LogP contribution in [0, 0.1) is 0 Å². The van der Waals surface area contributed by atoms with Crippen molar-refractivity contribution in [3.8, 4) is 17.0 Å². The minimum absolute atomic E-state index is 0.150. The summed E-state index contributed by atoms with van der Waals surface area (Å²) in [7, 11) is 3.42. The van der Waals surface area contributed by atoms with Crippen LogP contribution in [0.2, 0.25) is 0 Å². The summed E-state index contributed by atoms with van der Waals surface area (Å²) in [6, 6.07) is 13.9. The molecule has 0 saturated carbocycles. The van der Waals surface area contributed by atoms with Crippen LogP contribution < -0.4 is 15.4 Å². The van der Waals surface area contributed by atoms with E-state index >= 15 is 0 Å². The van der Waals surface area contributed by atoms with Crippen molar-refractivity contribution in [2.45, 2.75) is 19.6 Å². The highest BCUT2D eigenvalue weighted by atomic mass is 16.5. The maximum Gasteiger partial charge on any atom is 0.255 e. The number of fused-ring (bicyclic) bond motifs is 1. The fraction of sp³-hybridized carbons (Fsp3) is 0.238. The van der Waals surface area contributed by atoms with Gasteiger partial charge in [-0.3, -0.25) is 9.48 Å². The first-order chi connectivity index (χ1) is 13.2. The fourth-order valence-electron chi connectivity index (χ4n) is 3.43. The number of carbonyl (C=O) groups excluding carboxylic acids is 1. The molecular formula is C21H22N4O2. The Morgan fingerprint density at radius 2 is 2.04 bits per heavy atom. The topological polar surface area (TPSA) is 68.2 Å². The fourth-order valence-corrected chi connectivity index (χ4v) is 3.43. The average molecular weight is 362 g/mol. The van der Waals surface area contributed by atoms with Crippen LogP contribution in [-0.4, -0.2) is 22.8 Å². The van der Waals surface area contributed by atoms with Gasteiger partial charge in [-0.25, -0.2) is 0 Å². The molecule has 6 heteroatoms. The van der Waals surface area contributed by atoms with Gasteiger partial charge in [0.05, 0.1) is 12.7 Å². The van der Waals surface area contributed by atoms with Gasteiger partial charge in [-0.2, -0.15) is 5.10 Å². The lowest BCUT2D eigenvalue weighted by Crippen LogP contribution is -2.23. The predicted molar refractivity (Wildman–Crippen MR) is 103 cm³/mol. The van der Waals surface area contributed by atoms with Gasteiger partial charge in [-0.15, -0.1) is 0 Å². The molecule has 0 spiro atoms. The summed E-state index contributed by atoms with van der Waals surface area (Å²) < 4.78 is 7.08. The number of nitrogens with one attached hydrogen (secondary N) is 2. The number of carbonyl (C=O) groups is 1. The SMILES string of the molecule is COc1ccccc1-c1nn(C)cc1C(=O)NCc1ccc2c(c1)CNC2. The average Bonchev–Trinajstić information content (AvgIpc) is 3.31. The summed E-state index contributed by atoms with van der Waals surface area (Å²) in [6.07, 6.45) is 1.74. The van der Waals surface area contributed by atoms with Crippen molar-refractivity contribution in [1.82, 2.24) is 20.4 Å². The van der Waals surface area contributed by atoms with Crippen LogP contribution in [0.3, 0.4) is 0 Å². The second kappa shape index (κ2) is 7.25. The van der Waals surface area contributed by atoms with Gasteiger partial charge in [0, 0.05) is 38.4 Å². The molecule has 1 aromatic heterocycles. The van der Waals surface area contributed by atoms with Gasteiger partial charge in [0.25, 0.3) is 5.91 Å². The van der Waals surface area contributed by atoms with Crippen molar-refractivity contribution in [3.05, 3.63) is 70.9 Å². The predicted octanol–water partition coefficient (Wildman–Crippen LogP) is 2.63. The number of hydrogen-bond donors (Lipinski definition) is 2. The van der Waals surface area contributed by atoms with E-state index in [9.17, 15) is 4.79 Å². The Hall–Kier alpha value is -3.12. The molecule has 1 aliphatic rings. The van der Waals surface area contributed by atoms with Crippen LogP contribution in [0.5, 0.6) is 5.75 Å². The largest absolute Gasteiger partial charge is 0.496 e. The third kappa shape index (κ3) is 3.44. The third-order valence-electron chi connectivity index (χ3n) is 4.79. The van der Waals surface area contributed by atoms with Gasteiger partial charge >= 0.3 is 0 Å². The van der Waals surface area contributed by atoms with Crippen LogP contribution in [0.1, 0.15) is 27.0 Å². The molecule has 0 radical (unpaired) electrons. The molecule has 138 valence electrons. The number of para-hydroxylation sites is 1. The van der Waals surface area contributed by atoms with Crippen molar-refractivity contribution in [1.29, 1.82) is 0 Å². The Kier molecular flexibility index (Phi) is 4.64. The summed E-state index contributed by atoms with van der Waals surface area (Å²) in [5.41, 5.74) is 5.67. The molecular weight excluding hydrogens is 340 g/mol. The molecule has 27 heavy (non-hydrogen) atoms. The summed E-state index contributed by atoms with van der Waals surface area (Å²) in [6.45, 7) is 2.28. The Labute approximate surface area is 158 Å². The number of aromatic nitrogens is 2. The first-order valence-corrected chi connectivity index (χ1v) is 8.92. The minimum atomic E-state index is -0.150. The zero-order valence-electron chi connectivity index (χ0n) is 15.5. The highest BCUT2D eigenvalue weighted by Gasteiger charge is 2.20. The van der Waals surface area contributed by atoms with E-state index in [1.807, 2.05) is 31.3 Å². The maximum atomic E-state index is 12.8. The van der Waals surface area contributed by atoms with Crippen molar-refractivity contribution >= 4 is 5.91 Å². The number of benzene rings is 2. The molecule has 0 aliphatic carbocycles. The van der Waals surface area contributed by atoms with E-state index in [2.05, 4.69) is 33.9 Å². The molecule has 2 heterocycles. The number of aryl methyl sites for hydroxylation is 1. The number of hydrogen-bond acceptors (Lipinski definition) is 4. The Balaban J connectivity index is 1.56. The monoisotopic (exact) mass is 362 g/mol. The van der Waals surface area contributed by atoms with Gasteiger partial charge in [-0.1, -0.05) is 30.3 Å². The number of amides is 1. The first-order valence-electron chi connectivity index (χ1n) is 8.92. The molecule has 3 aromatic rings. The van der Waals surface area contributed by atoms with E-state index < -0.39 is 0 Å².